The van der Waals surface area contributed by atoms with Crippen molar-refractivity contribution >= 4 is 68.3 Å². The van der Waals surface area contributed by atoms with E-state index in [0.717, 1.165) is 21.0 Å². The van der Waals surface area contributed by atoms with Crippen molar-refractivity contribution in [3.05, 3.63) is 106 Å². The second-order valence-corrected chi connectivity index (χ2v) is 14.5. The molecule has 3 aromatic carbocycles. The van der Waals surface area contributed by atoms with Gasteiger partial charge < -0.3 is 9.84 Å². The fourth-order valence-electron chi connectivity index (χ4n) is 4.95. The number of rotatable bonds is 9. The van der Waals surface area contributed by atoms with Gasteiger partial charge in [-0.25, -0.2) is 18.2 Å². The van der Waals surface area contributed by atoms with Gasteiger partial charge >= 0.3 is 11.9 Å². The quantitative estimate of drug-likeness (QED) is 0.191. The van der Waals surface area contributed by atoms with Crippen LogP contribution in [0.25, 0.3) is 16.1 Å². The van der Waals surface area contributed by atoms with Gasteiger partial charge in [-0.15, -0.1) is 11.8 Å². The lowest BCUT2D eigenvalue weighted by atomic mass is 10.0. The molecule has 2 atom stereocenters. The molecule has 2 aliphatic rings. The predicted molar refractivity (Wildman–Crippen MR) is 174 cm³/mol. The molecule has 0 aliphatic carbocycles. The monoisotopic (exact) mass is 696 g/mol. The zero-order valence-corrected chi connectivity index (χ0v) is 27.2. The van der Waals surface area contributed by atoms with Crippen LogP contribution in [0.1, 0.15) is 6.92 Å². The van der Waals surface area contributed by atoms with Gasteiger partial charge in [0.05, 0.1) is 15.5 Å². The number of carboxylic acid groups (broad SMARTS) is 1. The molecular formula is C31H25ClN4O7S3. The smallest absolute Gasteiger partial charge is 0.352 e. The molecule has 0 unspecified atom stereocenters. The first kappa shape index (κ1) is 31.8. The number of carbonyl (C=O) groups is 3. The molecule has 0 saturated carbocycles. The number of para-hydroxylation sites is 1. The van der Waals surface area contributed by atoms with E-state index >= 15 is 0 Å². The second kappa shape index (κ2) is 12.9. The summed E-state index contributed by atoms with van der Waals surface area (Å²) in [6, 6.07) is 22.0. The molecule has 1 aromatic heterocycles. The van der Waals surface area contributed by atoms with E-state index in [-0.39, 0.29) is 28.5 Å². The molecule has 0 radical (unpaired) electrons. The molecule has 0 spiro atoms. The SMILES string of the molecule is CC(=O)OCC1=C(C(=O)O)N2C(=O)[C@@H](NS(=O)(=O)c3ccc(N=c4sc(-c5ccc(Cl)cc5)cn4-c4ccccc4)cc3)[C@H]2SC1. The van der Waals surface area contributed by atoms with E-state index in [1.165, 1.54) is 42.2 Å². The number of amides is 1. The van der Waals surface area contributed by atoms with Crippen LogP contribution in [0.5, 0.6) is 0 Å². The fourth-order valence-corrected chi connectivity index (χ4v) is 8.70. The van der Waals surface area contributed by atoms with Crippen molar-refractivity contribution in [1.29, 1.82) is 0 Å². The zero-order valence-electron chi connectivity index (χ0n) is 24.0. The van der Waals surface area contributed by atoms with Crippen LogP contribution in [-0.4, -0.2) is 64.6 Å². The zero-order chi connectivity index (χ0) is 32.6. The number of carbonyl (C=O) groups excluding carboxylic acids is 2. The number of benzene rings is 3. The van der Waals surface area contributed by atoms with Crippen molar-refractivity contribution < 1.29 is 32.6 Å². The van der Waals surface area contributed by atoms with E-state index in [9.17, 15) is 27.9 Å². The highest BCUT2D eigenvalue weighted by Gasteiger charge is 2.55. The van der Waals surface area contributed by atoms with Crippen LogP contribution in [-0.2, 0) is 29.1 Å². The molecule has 0 bridgehead atoms. The molecule has 2 N–H and O–H groups in total. The number of hydrogen-bond donors (Lipinski definition) is 2. The summed E-state index contributed by atoms with van der Waals surface area (Å²) in [5, 5.41) is 9.61. The number of ether oxygens (including phenoxy) is 1. The first-order valence-electron chi connectivity index (χ1n) is 13.8. The molecule has 11 nitrogen and oxygen atoms in total. The van der Waals surface area contributed by atoms with E-state index in [4.69, 9.17) is 21.3 Å². The molecule has 6 rings (SSSR count). The van der Waals surface area contributed by atoms with Crippen molar-refractivity contribution in [3.63, 3.8) is 0 Å². The third-order valence-corrected chi connectivity index (χ3v) is 11.3. The van der Waals surface area contributed by atoms with Crippen LogP contribution < -0.4 is 9.52 Å². The number of fused-ring (bicyclic) bond motifs is 1. The summed E-state index contributed by atoms with van der Waals surface area (Å²) in [6.07, 6.45) is 1.98. The molecular weight excluding hydrogens is 672 g/mol. The number of sulfonamides is 1. The van der Waals surface area contributed by atoms with E-state index < -0.39 is 39.3 Å². The summed E-state index contributed by atoms with van der Waals surface area (Å²) in [5.41, 5.74) is 2.35. The Bertz CT molecular complexity index is 2040. The van der Waals surface area contributed by atoms with Gasteiger partial charge in [-0.05, 0) is 54.1 Å². The van der Waals surface area contributed by atoms with Crippen LogP contribution in [0.4, 0.5) is 5.69 Å². The van der Waals surface area contributed by atoms with Gasteiger partial charge in [0.1, 0.15) is 23.7 Å². The first-order chi connectivity index (χ1) is 22.0. The second-order valence-electron chi connectivity index (χ2n) is 10.2. The maximum absolute atomic E-state index is 13.3. The average molecular weight is 697 g/mol. The number of hydrogen-bond acceptors (Lipinski definition) is 9. The lowest BCUT2D eigenvalue weighted by Gasteiger charge is -2.49. The third kappa shape index (κ3) is 6.39. The standard InChI is InChI=1S/C31H25ClN4O7S3/c1-18(37)43-16-20-17-44-29-26(28(38)36(29)27(20)30(39)40)34-46(41,42)24-13-11-22(12-14-24)33-31-35(23-5-3-2-4-6-23)15-25(45-31)19-7-9-21(32)10-8-19/h2-15,26,29,34H,16-17H2,1H3,(H,39,40)/t26-,29-/m1/s1. The minimum absolute atomic E-state index is 0.0768. The van der Waals surface area contributed by atoms with Gasteiger partial charge in [-0.3, -0.25) is 19.1 Å². The number of thioether (sulfide) groups is 1. The third-order valence-electron chi connectivity index (χ3n) is 7.17. The van der Waals surface area contributed by atoms with Crippen molar-refractivity contribution in [2.75, 3.05) is 12.4 Å². The summed E-state index contributed by atoms with van der Waals surface area (Å²) in [4.78, 5) is 43.5. The van der Waals surface area contributed by atoms with Gasteiger partial charge in [0.25, 0.3) is 0 Å². The highest BCUT2D eigenvalue weighted by Crippen LogP contribution is 2.41. The number of aliphatic carboxylic acids is 1. The lowest BCUT2D eigenvalue weighted by molar-refractivity contribution is -0.148. The van der Waals surface area contributed by atoms with Crippen molar-refractivity contribution in [3.8, 4) is 16.1 Å². The van der Waals surface area contributed by atoms with Gasteiger partial charge in [0.15, 0.2) is 4.80 Å². The van der Waals surface area contributed by atoms with Crippen molar-refractivity contribution in [1.82, 2.24) is 14.2 Å². The first-order valence-corrected chi connectivity index (χ1v) is 17.5. The van der Waals surface area contributed by atoms with E-state index in [2.05, 4.69) is 4.72 Å². The van der Waals surface area contributed by atoms with Crippen LogP contribution in [0.3, 0.4) is 0 Å². The van der Waals surface area contributed by atoms with Gasteiger partial charge in [0.2, 0.25) is 15.9 Å². The van der Waals surface area contributed by atoms with E-state index in [1.807, 2.05) is 65.4 Å². The fraction of sp³-hybridized carbons (Fsp3) is 0.161. The maximum Gasteiger partial charge on any atom is 0.352 e. The summed E-state index contributed by atoms with van der Waals surface area (Å²) in [5.74, 6) is -2.49. The van der Waals surface area contributed by atoms with Crippen LogP contribution >= 0.6 is 34.7 Å². The molecule has 1 amide bonds. The summed E-state index contributed by atoms with van der Waals surface area (Å²) in [6.45, 7) is 0.926. The van der Waals surface area contributed by atoms with Gasteiger partial charge in [-0.1, -0.05) is 53.3 Å². The predicted octanol–water partition coefficient (Wildman–Crippen LogP) is 4.56. The topological polar surface area (TPSA) is 147 Å². The number of thiazole rings is 1. The Morgan fingerprint density at radius 1 is 1.07 bits per heavy atom. The summed E-state index contributed by atoms with van der Waals surface area (Å²) < 4.78 is 35.9. The number of aromatic nitrogens is 1. The van der Waals surface area contributed by atoms with Crippen molar-refractivity contribution in [2.45, 2.75) is 23.2 Å². The average Bonchev–Trinajstić information content (AvgIpc) is 3.46. The number of carboxylic acids is 1. The normalized spacial score (nSPS) is 18.3. The van der Waals surface area contributed by atoms with E-state index in [0.29, 0.717) is 15.5 Å². The molecule has 236 valence electrons. The Hall–Kier alpha value is -4.21. The molecule has 1 saturated heterocycles. The Morgan fingerprint density at radius 2 is 1.76 bits per heavy atom. The van der Waals surface area contributed by atoms with Gasteiger partial charge in [-0.2, -0.15) is 4.72 Å². The highest BCUT2D eigenvalue weighted by atomic mass is 35.5. The molecule has 4 aromatic rings. The molecule has 3 heterocycles. The van der Waals surface area contributed by atoms with Crippen LogP contribution in [0, 0.1) is 0 Å². The highest BCUT2D eigenvalue weighted by molar-refractivity contribution is 8.00. The Morgan fingerprint density at radius 3 is 2.41 bits per heavy atom. The molecule has 2 aliphatic heterocycles. The minimum Gasteiger partial charge on any atom is -0.477 e. The number of β-lactam (4-membered cyclic amide) rings is 1. The van der Waals surface area contributed by atoms with Crippen LogP contribution in [0.15, 0.2) is 106 Å². The number of nitrogens with one attached hydrogen (secondary N) is 1. The van der Waals surface area contributed by atoms with Crippen molar-refractivity contribution in [2.24, 2.45) is 4.99 Å². The number of nitrogens with zero attached hydrogens (tertiary/aromatic N) is 3. The Balaban J connectivity index is 1.23. The lowest BCUT2D eigenvalue weighted by Crippen LogP contribution is -2.70. The van der Waals surface area contributed by atoms with Crippen LogP contribution in [0.2, 0.25) is 5.02 Å². The number of halogens is 1. The molecule has 46 heavy (non-hydrogen) atoms. The Labute approximate surface area is 276 Å². The molecule has 1 fully saturated rings. The minimum atomic E-state index is -4.15. The maximum atomic E-state index is 13.3. The summed E-state index contributed by atoms with van der Waals surface area (Å²) >= 11 is 8.73. The number of esters is 1. The Kier molecular flexibility index (Phi) is 8.90. The van der Waals surface area contributed by atoms with Gasteiger partial charge in [0, 0.05) is 35.2 Å². The van der Waals surface area contributed by atoms with E-state index in [1.54, 1.807) is 12.1 Å². The molecule has 15 heteroatoms. The summed E-state index contributed by atoms with van der Waals surface area (Å²) in [7, 11) is -4.15. The largest absolute Gasteiger partial charge is 0.477 e.